The van der Waals surface area contributed by atoms with Crippen molar-refractivity contribution in [1.29, 1.82) is 0 Å². The molecule has 24 heavy (non-hydrogen) atoms. The average molecular weight is 353 g/mol. The Kier molecular flexibility index (Phi) is 7.56. The molecule has 0 amide bonds. The molecule has 0 atom stereocenters. The van der Waals surface area contributed by atoms with E-state index in [1.165, 1.54) is 11.4 Å². The molecule has 1 N–H and O–H groups in total. The van der Waals surface area contributed by atoms with Crippen LogP contribution in [0.3, 0.4) is 0 Å². The SMILES string of the molecule is CCN(CC)CC1=CC(OC)=C/C(=C\P(C(C)(C)C)C(C)(C)C)N1. The molecule has 1 aliphatic heterocycles. The number of likely N-dealkylation sites (N-methyl/N-ethyl adjacent to an activating group) is 1. The molecule has 0 aromatic carbocycles. The number of allylic oxidation sites excluding steroid dienone is 2. The topological polar surface area (TPSA) is 24.5 Å². The molecule has 138 valence electrons. The van der Waals surface area contributed by atoms with Crippen LogP contribution in [0.4, 0.5) is 0 Å². The number of nitrogens with zero attached hydrogens (tertiary/aromatic N) is 1. The molecule has 0 saturated heterocycles. The number of hydrogen-bond donors (Lipinski definition) is 1. The first kappa shape index (κ1) is 21.3. The summed E-state index contributed by atoms with van der Waals surface area (Å²) in [5.74, 6) is 3.38. The summed E-state index contributed by atoms with van der Waals surface area (Å²) in [6.45, 7) is 21.5. The molecule has 0 aliphatic carbocycles. The lowest BCUT2D eigenvalue weighted by molar-refractivity contribution is 0.298. The number of ether oxygens (including phenoxy) is 1. The first-order chi connectivity index (χ1) is 11.0. The van der Waals surface area contributed by atoms with Gasteiger partial charge in [-0.1, -0.05) is 63.3 Å². The fraction of sp³-hybridized carbons (Fsp3) is 0.700. The van der Waals surface area contributed by atoms with E-state index in [1.807, 2.05) is 0 Å². The van der Waals surface area contributed by atoms with Crippen molar-refractivity contribution in [1.82, 2.24) is 10.2 Å². The van der Waals surface area contributed by atoms with Crippen molar-refractivity contribution >= 4 is 7.92 Å². The van der Waals surface area contributed by atoms with Gasteiger partial charge in [0.15, 0.2) is 0 Å². The van der Waals surface area contributed by atoms with Gasteiger partial charge in [0.05, 0.1) is 7.11 Å². The van der Waals surface area contributed by atoms with Crippen molar-refractivity contribution in [2.75, 3.05) is 26.7 Å². The third kappa shape index (κ3) is 6.26. The maximum Gasteiger partial charge on any atom is 0.122 e. The van der Waals surface area contributed by atoms with Crippen LogP contribution >= 0.6 is 7.92 Å². The third-order valence-electron chi connectivity index (χ3n) is 4.16. The van der Waals surface area contributed by atoms with Gasteiger partial charge in [-0.25, -0.2) is 0 Å². The summed E-state index contributed by atoms with van der Waals surface area (Å²) in [7, 11) is 1.44. The predicted octanol–water partition coefficient (Wildman–Crippen LogP) is 5.27. The first-order valence-electron chi connectivity index (χ1n) is 8.98. The standard InChI is InChI=1S/C20H37N2OP/c1-10-22(11-2)14-16-12-18(23-9)13-17(21-16)15-24(19(3,4)5)20(6,7)8/h12-13,15,21H,10-11,14H2,1-9H3/b17-15+. The first-order valence-corrected chi connectivity index (χ1v) is 10.4. The molecule has 0 spiro atoms. The fourth-order valence-electron chi connectivity index (χ4n) is 3.12. The average Bonchev–Trinajstić information content (AvgIpc) is 2.47. The van der Waals surface area contributed by atoms with Crippen LogP contribution in [0.15, 0.2) is 35.1 Å². The Balaban J connectivity index is 3.11. The van der Waals surface area contributed by atoms with E-state index in [1.54, 1.807) is 7.11 Å². The minimum absolute atomic E-state index is 0.267. The maximum atomic E-state index is 5.55. The van der Waals surface area contributed by atoms with E-state index in [4.69, 9.17) is 4.74 Å². The fourth-order valence-corrected chi connectivity index (χ4v) is 6.32. The van der Waals surface area contributed by atoms with E-state index >= 15 is 0 Å². The van der Waals surface area contributed by atoms with Gasteiger partial charge in [-0.2, -0.15) is 0 Å². The van der Waals surface area contributed by atoms with Crippen LogP contribution in [0, 0.1) is 0 Å². The smallest absolute Gasteiger partial charge is 0.122 e. The highest BCUT2D eigenvalue weighted by Gasteiger charge is 2.33. The Hall–Kier alpha value is -0.790. The van der Waals surface area contributed by atoms with Crippen molar-refractivity contribution in [3.63, 3.8) is 0 Å². The number of nitrogens with one attached hydrogen (secondary N) is 1. The van der Waals surface area contributed by atoms with Gasteiger partial charge in [0.1, 0.15) is 5.76 Å². The van der Waals surface area contributed by atoms with Crippen LogP contribution in [0.1, 0.15) is 55.4 Å². The van der Waals surface area contributed by atoms with E-state index in [0.717, 1.165) is 25.4 Å². The van der Waals surface area contributed by atoms with E-state index in [9.17, 15) is 0 Å². The van der Waals surface area contributed by atoms with Crippen LogP contribution in [-0.4, -0.2) is 42.0 Å². The van der Waals surface area contributed by atoms with Crippen LogP contribution in [0.2, 0.25) is 0 Å². The lowest BCUT2D eigenvalue weighted by Gasteiger charge is -2.40. The van der Waals surface area contributed by atoms with Crippen molar-refractivity contribution in [2.24, 2.45) is 0 Å². The highest BCUT2D eigenvalue weighted by Crippen LogP contribution is 2.60. The molecule has 1 heterocycles. The molecule has 0 unspecified atom stereocenters. The molecular weight excluding hydrogens is 315 g/mol. The molecule has 3 nitrogen and oxygen atoms in total. The van der Waals surface area contributed by atoms with Gasteiger partial charge in [0, 0.05) is 30.1 Å². The third-order valence-corrected chi connectivity index (χ3v) is 7.58. The highest BCUT2D eigenvalue weighted by molar-refractivity contribution is 7.64. The van der Waals surface area contributed by atoms with Crippen molar-refractivity contribution < 1.29 is 4.74 Å². The summed E-state index contributed by atoms with van der Waals surface area (Å²) < 4.78 is 5.55. The van der Waals surface area contributed by atoms with Gasteiger partial charge in [-0.15, -0.1) is 0 Å². The van der Waals surface area contributed by atoms with E-state index in [2.05, 4.69) is 83.6 Å². The van der Waals surface area contributed by atoms with Crippen LogP contribution < -0.4 is 5.32 Å². The summed E-state index contributed by atoms with van der Waals surface area (Å²) in [4.78, 5) is 2.41. The van der Waals surface area contributed by atoms with Gasteiger partial charge >= 0.3 is 0 Å². The largest absolute Gasteiger partial charge is 0.497 e. The summed E-state index contributed by atoms with van der Waals surface area (Å²) >= 11 is 0. The summed E-state index contributed by atoms with van der Waals surface area (Å²) in [5, 5.41) is 4.17. The molecule has 0 aromatic rings. The number of rotatable bonds is 6. The summed E-state index contributed by atoms with van der Waals surface area (Å²) in [5.41, 5.74) is 2.38. The molecule has 0 fully saturated rings. The van der Waals surface area contributed by atoms with Gasteiger partial charge in [-0.3, -0.25) is 4.90 Å². The lowest BCUT2D eigenvalue weighted by atomic mass is 10.2. The zero-order valence-electron chi connectivity index (χ0n) is 17.2. The highest BCUT2D eigenvalue weighted by atomic mass is 31.1. The summed E-state index contributed by atoms with van der Waals surface area (Å²) in [6.07, 6.45) is 4.24. The second-order valence-corrected chi connectivity index (χ2v) is 12.0. The maximum absolute atomic E-state index is 5.55. The Bertz CT molecular complexity index is 489. The molecule has 4 heteroatoms. The van der Waals surface area contributed by atoms with E-state index in [-0.39, 0.29) is 18.2 Å². The minimum atomic E-state index is -0.302. The number of hydrogen-bond acceptors (Lipinski definition) is 3. The molecular formula is C20H37N2OP. The second-order valence-electron chi connectivity index (χ2n) is 8.30. The summed E-state index contributed by atoms with van der Waals surface area (Å²) in [6, 6.07) is 0. The number of dihydropyridines is 1. The Labute approximate surface area is 151 Å². The lowest BCUT2D eigenvalue weighted by Crippen LogP contribution is -2.31. The van der Waals surface area contributed by atoms with Gasteiger partial charge in [0.2, 0.25) is 0 Å². The normalized spacial score (nSPS) is 17.9. The van der Waals surface area contributed by atoms with E-state index in [0.29, 0.717) is 0 Å². The Morgan fingerprint density at radius 3 is 2.00 bits per heavy atom. The Morgan fingerprint density at radius 2 is 1.58 bits per heavy atom. The van der Waals surface area contributed by atoms with E-state index < -0.39 is 0 Å². The Morgan fingerprint density at radius 1 is 1.04 bits per heavy atom. The predicted molar refractivity (Wildman–Crippen MR) is 109 cm³/mol. The van der Waals surface area contributed by atoms with Crippen molar-refractivity contribution in [3.05, 3.63) is 35.1 Å². The second kappa shape index (κ2) is 8.54. The monoisotopic (exact) mass is 352 g/mol. The quantitative estimate of drug-likeness (QED) is 0.659. The molecule has 0 aromatic heterocycles. The minimum Gasteiger partial charge on any atom is -0.497 e. The zero-order valence-corrected chi connectivity index (χ0v) is 18.1. The van der Waals surface area contributed by atoms with Gasteiger partial charge in [-0.05, 0) is 29.2 Å². The van der Waals surface area contributed by atoms with Crippen LogP contribution in [0.25, 0.3) is 0 Å². The van der Waals surface area contributed by atoms with Crippen molar-refractivity contribution in [3.8, 4) is 0 Å². The van der Waals surface area contributed by atoms with Crippen LogP contribution in [0.5, 0.6) is 0 Å². The van der Waals surface area contributed by atoms with Gasteiger partial charge in [0.25, 0.3) is 0 Å². The molecule has 1 aliphatic rings. The molecule has 0 bridgehead atoms. The van der Waals surface area contributed by atoms with Crippen molar-refractivity contribution in [2.45, 2.75) is 65.7 Å². The molecule has 0 saturated carbocycles. The zero-order chi connectivity index (χ0) is 18.5. The molecule has 1 rings (SSSR count). The number of methoxy groups -OCH3 is 1. The molecule has 0 radical (unpaired) electrons. The van der Waals surface area contributed by atoms with Crippen LogP contribution in [-0.2, 0) is 4.74 Å². The van der Waals surface area contributed by atoms with Gasteiger partial charge < -0.3 is 10.1 Å².